The summed E-state index contributed by atoms with van der Waals surface area (Å²) in [5, 5.41) is 3.71. The Labute approximate surface area is 126 Å². The lowest BCUT2D eigenvalue weighted by molar-refractivity contribution is 0.0819. The van der Waals surface area contributed by atoms with Crippen LogP contribution in [0.5, 0.6) is 0 Å². The molecular formula is C17H36N2O. The molecule has 0 aromatic carbocycles. The highest BCUT2D eigenvalue weighted by atomic mass is 16.5. The Morgan fingerprint density at radius 2 is 1.90 bits per heavy atom. The van der Waals surface area contributed by atoms with E-state index in [-0.39, 0.29) is 0 Å². The zero-order chi connectivity index (χ0) is 15.0. The maximum Gasteiger partial charge on any atom is 0.0593 e. The van der Waals surface area contributed by atoms with Crippen LogP contribution < -0.4 is 5.32 Å². The molecule has 2 atom stereocenters. The summed E-state index contributed by atoms with van der Waals surface area (Å²) in [4.78, 5) is 2.61. The fraction of sp³-hybridized carbons (Fsp3) is 1.00. The van der Waals surface area contributed by atoms with E-state index >= 15 is 0 Å². The molecule has 1 heterocycles. The Hall–Kier alpha value is -0.120. The fourth-order valence-electron chi connectivity index (χ4n) is 2.85. The second-order valence-electron chi connectivity index (χ2n) is 7.21. The molecule has 1 aliphatic heterocycles. The third-order valence-corrected chi connectivity index (χ3v) is 4.19. The molecule has 0 spiro atoms. The van der Waals surface area contributed by atoms with Crippen LogP contribution in [0.2, 0.25) is 0 Å². The van der Waals surface area contributed by atoms with Crippen molar-refractivity contribution in [2.24, 2.45) is 11.8 Å². The maximum absolute atomic E-state index is 5.79. The summed E-state index contributed by atoms with van der Waals surface area (Å²) in [6.45, 7) is 16.7. The van der Waals surface area contributed by atoms with Gasteiger partial charge in [-0.1, -0.05) is 27.7 Å². The first-order chi connectivity index (χ1) is 9.49. The SMILES string of the molecule is CC(C)CCOCCN1CC(CC(C)C)NCCC1C. The molecule has 0 aliphatic carbocycles. The van der Waals surface area contributed by atoms with Crippen LogP contribution in [0.15, 0.2) is 0 Å². The summed E-state index contributed by atoms with van der Waals surface area (Å²) in [6, 6.07) is 1.32. The van der Waals surface area contributed by atoms with Crippen LogP contribution in [0.3, 0.4) is 0 Å². The number of hydrogen-bond donors (Lipinski definition) is 1. The molecule has 0 bridgehead atoms. The second kappa shape index (κ2) is 9.75. The molecule has 0 amide bonds. The van der Waals surface area contributed by atoms with Gasteiger partial charge < -0.3 is 10.1 Å². The molecule has 0 aromatic rings. The van der Waals surface area contributed by atoms with Crippen LogP contribution in [-0.2, 0) is 4.74 Å². The molecule has 0 radical (unpaired) electrons. The molecule has 1 rings (SSSR count). The highest BCUT2D eigenvalue weighted by molar-refractivity contribution is 4.81. The number of hydrogen-bond acceptors (Lipinski definition) is 3. The topological polar surface area (TPSA) is 24.5 Å². The highest BCUT2D eigenvalue weighted by Gasteiger charge is 2.22. The van der Waals surface area contributed by atoms with Gasteiger partial charge in [0.25, 0.3) is 0 Å². The summed E-state index contributed by atoms with van der Waals surface area (Å²) >= 11 is 0. The van der Waals surface area contributed by atoms with Gasteiger partial charge in [-0.25, -0.2) is 0 Å². The predicted octanol–water partition coefficient (Wildman–Crippen LogP) is 3.15. The Bertz CT molecular complexity index is 243. The summed E-state index contributed by atoms with van der Waals surface area (Å²) < 4.78 is 5.79. The van der Waals surface area contributed by atoms with Crippen molar-refractivity contribution in [3.05, 3.63) is 0 Å². The van der Waals surface area contributed by atoms with Crippen molar-refractivity contribution in [2.75, 3.05) is 32.8 Å². The first-order valence-corrected chi connectivity index (χ1v) is 8.54. The monoisotopic (exact) mass is 284 g/mol. The van der Waals surface area contributed by atoms with E-state index in [4.69, 9.17) is 4.74 Å². The summed E-state index contributed by atoms with van der Waals surface area (Å²) in [5.74, 6) is 1.51. The van der Waals surface area contributed by atoms with Crippen LogP contribution >= 0.6 is 0 Å². The molecule has 1 aliphatic rings. The van der Waals surface area contributed by atoms with Crippen LogP contribution in [0.1, 0.15) is 53.9 Å². The molecule has 1 N–H and O–H groups in total. The minimum atomic E-state index is 0.649. The van der Waals surface area contributed by atoms with Gasteiger partial charge in [0, 0.05) is 31.8 Å². The average Bonchev–Trinajstić information content (AvgIpc) is 2.50. The van der Waals surface area contributed by atoms with Gasteiger partial charge in [-0.05, 0) is 44.6 Å². The highest BCUT2D eigenvalue weighted by Crippen LogP contribution is 2.13. The van der Waals surface area contributed by atoms with Gasteiger partial charge in [-0.15, -0.1) is 0 Å². The van der Waals surface area contributed by atoms with Gasteiger partial charge in [-0.2, -0.15) is 0 Å². The minimum absolute atomic E-state index is 0.649. The predicted molar refractivity (Wildman–Crippen MR) is 87.2 cm³/mol. The number of nitrogens with zero attached hydrogens (tertiary/aromatic N) is 1. The lowest BCUT2D eigenvalue weighted by Gasteiger charge is -2.29. The molecule has 0 saturated carbocycles. The fourth-order valence-corrected chi connectivity index (χ4v) is 2.85. The van der Waals surface area contributed by atoms with Crippen LogP contribution in [0.4, 0.5) is 0 Å². The lowest BCUT2D eigenvalue weighted by atomic mass is 10.0. The van der Waals surface area contributed by atoms with E-state index in [1.165, 1.54) is 25.8 Å². The van der Waals surface area contributed by atoms with E-state index in [9.17, 15) is 0 Å². The Morgan fingerprint density at radius 1 is 1.15 bits per heavy atom. The first kappa shape index (κ1) is 17.9. The third-order valence-electron chi connectivity index (χ3n) is 4.19. The standard InChI is InChI=1S/C17H36N2O/c1-14(2)7-10-20-11-9-19-13-17(12-15(3)4)18-8-6-16(19)5/h14-18H,6-13H2,1-5H3. The van der Waals surface area contributed by atoms with Crippen molar-refractivity contribution in [3.63, 3.8) is 0 Å². The maximum atomic E-state index is 5.79. The molecule has 0 aromatic heterocycles. The molecular weight excluding hydrogens is 248 g/mol. The first-order valence-electron chi connectivity index (χ1n) is 8.54. The molecule has 2 unspecified atom stereocenters. The van der Waals surface area contributed by atoms with Crippen LogP contribution in [-0.4, -0.2) is 49.8 Å². The van der Waals surface area contributed by atoms with Gasteiger partial charge in [0.05, 0.1) is 6.61 Å². The average molecular weight is 284 g/mol. The third kappa shape index (κ3) is 7.61. The molecule has 3 heteroatoms. The largest absolute Gasteiger partial charge is 0.380 e. The van der Waals surface area contributed by atoms with Gasteiger partial charge >= 0.3 is 0 Å². The van der Waals surface area contributed by atoms with Crippen molar-refractivity contribution >= 4 is 0 Å². The number of rotatable bonds is 8. The van der Waals surface area contributed by atoms with E-state index in [1.54, 1.807) is 0 Å². The van der Waals surface area contributed by atoms with Crippen LogP contribution in [0, 0.1) is 11.8 Å². The van der Waals surface area contributed by atoms with Crippen molar-refractivity contribution in [1.82, 2.24) is 10.2 Å². The number of nitrogens with one attached hydrogen (secondary N) is 1. The zero-order valence-electron chi connectivity index (χ0n) is 14.3. The summed E-state index contributed by atoms with van der Waals surface area (Å²) in [6.07, 6.45) is 3.70. The van der Waals surface area contributed by atoms with Crippen molar-refractivity contribution < 1.29 is 4.74 Å². The van der Waals surface area contributed by atoms with E-state index in [1.807, 2.05) is 0 Å². The smallest absolute Gasteiger partial charge is 0.0593 e. The van der Waals surface area contributed by atoms with Crippen molar-refractivity contribution in [1.29, 1.82) is 0 Å². The van der Waals surface area contributed by atoms with Gasteiger partial charge in [0.1, 0.15) is 0 Å². The molecule has 20 heavy (non-hydrogen) atoms. The van der Waals surface area contributed by atoms with Gasteiger partial charge in [-0.3, -0.25) is 4.90 Å². The molecule has 120 valence electrons. The molecule has 1 fully saturated rings. The number of ether oxygens (including phenoxy) is 1. The van der Waals surface area contributed by atoms with E-state index in [2.05, 4.69) is 44.8 Å². The second-order valence-corrected chi connectivity index (χ2v) is 7.21. The quantitative estimate of drug-likeness (QED) is 0.693. The van der Waals surface area contributed by atoms with Crippen molar-refractivity contribution in [3.8, 4) is 0 Å². The Morgan fingerprint density at radius 3 is 2.55 bits per heavy atom. The van der Waals surface area contributed by atoms with E-state index in [0.29, 0.717) is 12.1 Å². The van der Waals surface area contributed by atoms with Crippen molar-refractivity contribution in [2.45, 2.75) is 66.0 Å². The van der Waals surface area contributed by atoms with Gasteiger partial charge in [0.2, 0.25) is 0 Å². The molecule has 1 saturated heterocycles. The summed E-state index contributed by atoms with van der Waals surface area (Å²) in [5.41, 5.74) is 0. The lowest BCUT2D eigenvalue weighted by Crippen LogP contribution is -2.42. The summed E-state index contributed by atoms with van der Waals surface area (Å²) in [7, 11) is 0. The van der Waals surface area contributed by atoms with Gasteiger partial charge in [0.15, 0.2) is 0 Å². The van der Waals surface area contributed by atoms with E-state index in [0.717, 1.165) is 38.1 Å². The van der Waals surface area contributed by atoms with Crippen LogP contribution in [0.25, 0.3) is 0 Å². The minimum Gasteiger partial charge on any atom is -0.380 e. The normalized spacial score (nSPS) is 25.4. The van der Waals surface area contributed by atoms with E-state index < -0.39 is 0 Å². The Kier molecular flexibility index (Phi) is 8.74. The Balaban J connectivity index is 2.28. The zero-order valence-corrected chi connectivity index (χ0v) is 14.3. The molecule has 3 nitrogen and oxygen atoms in total.